The van der Waals surface area contributed by atoms with E-state index in [9.17, 15) is 0 Å². The summed E-state index contributed by atoms with van der Waals surface area (Å²) < 4.78 is 5.27. The van der Waals surface area contributed by atoms with E-state index in [1.807, 2.05) is 0 Å². The highest BCUT2D eigenvalue weighted by molar-refractivity contribution is 4.73. The Balaban J connectivity index is 1.94. The quantitative estimate of drug-likeness (QED) is 0.613. The molecule has 0 saturated carbocycles. The summed E-state index contributed by atoms with van der Waals surface area (Å²) in [5.74, 6) is 0. The van der Waals surface area contributed by atoms with Gasteiger partial charge in [0.1, 0.15) is 0 Å². The summed E-state index contributed by atoms with van der Waals surface area (Å²) >= 11 is 0. The van der Waals surface area contributed by atoms with Gasteiger partial charge in [-0.05, 0) is 26.3 Å². The molecule has 0 spiro atoms. The van der Waals surface area contributed by atoms with Crippen LogP contribution in [0, 0.1) is 0 Å². The third-order valence-corrected chi connectivity index (χ3v) is 1.84. The Morgan fingerprint density at radius 3 is 3.09 bits per heavy atom. The van der Waals surface area contributed by atoms with Crippen LogP contribution in [0.3, 0.4) is 0 Å². The van der Waals surface area contributed by atoms with Crippen molar-refractivity contribution < 1.29 is 9.84 Å². The molecule has 3 nitrogen and oxygen atoms in total. The number of rotatable bonds is 4. The molecule has 0 amide bonds. The molecule has 3 heteroatoms. The molecule has 11 heavy (non-hydrogen) atoms. The summed E-state index contributed by atoms with van der Waals surface area (Å²) in [6, 6.07) is 0.522. The summed E-state index contributed by atoms with van der Waals surface area (Å²) in [5.41, 5.74) is 0. The summed E-state index contributed by atoms with van der Waals surface area (Å²) in [6.45, 7) is 4.05. The molecular weight excluding hydrogens is 142 g/mol. The molecule has 0 aliphatic carbocycles. The molecule has 1 aliphatic rings. The minimum atomic E-state index is -0.337. The van der Waals surface area contributed by atoms with Crippen molar-refractivity contribution >= 4 is 0 Å². The van der Waals surface area contributed by atoms with Crippen LogP contribution in [-0.4, -0.2) is 37.0 Å². The van der Waals surface area contributed by atoms with E-state index in [-0.39, 0.29) is 6.10 Å². The van der Waals surface area contributed by atoms with Crippen molar-refractivity contribution in [1.29, 1.82) is 0 Å². The number of ether oxygens (including phenoxy) is 1. The molecule has 0 aromatic rings. The molecule has 66 valence electrons. The van der Waals surface area contributed by atoms with Gasteiger partial charge in [0.15, 0.2) is 0 Å². The molecule has 1 rings (SSSR count). The van der Waals surface area contributed by atoms with E-state index in [1.165, 1.54) is 12.8 Å². The van der Waals surface area contributed by atoms with Gasteiger partial charge in [-0.1, -0.05) is 0 Å². The highest BCUT2D eigenvalue weighted by Gasteiger charge is 2.13. The Bertz CT molecular complexity index is 100. The number of hydrogen-bond acceptors (Lipinski definition) is 3. The van der Waals surface area contributed by atoms with Crippen LogP contribution >= 0.6 is 0 Å². The standard InChI is InChI=1S/C8H17NO2/c1-7(10)5-11-6-8-3-2-4-9-8/h7-10H,2-6H2,1H3. The van der Waals surface area contributed by atoms with Crippen molar-refractivity contribution in [2.45, 2.75) is 31.9 Å². The second kappa shape index (κ2) is 4.70. The Morgan fingerprint density at radius 2 is 2.55 bits per heavy atom. The van der Waals surface area contributed by atoms with Crippen molar-refractivity contribution in [3.63, 3.8) is 0 Å². The lowest BCUT2D eigenvalue weighted by Gasteiger charge is -2.11. The summed E-state index contributed by atoms with van der Waals surface area (Å²) in [7, 11) is 0. The molecule has 0 aromatic heterocycles. The van der Waals surface area contributed by atoms with Crippen LogP contribution in [0.2, 0.25) is 0 Å². The summed E-state index contributed by atoms with van der Waals surface area (Å²) in [4.78, 5) is 0. The molecule has 1 saturated heterocycles. The first-order chi connectivity index (χ1) is 5.29. The summed E-state index contributed by atoms with van der Waals surface area (Å²) in [6.07, 6.45) is 2.12. The number of hydrogen-bond donors (Lipinski definition) is 2. The van der Waals surface area contributed by atoms with E-state index in [2.05, 4.69) is 5.32 Å². The predicted octanol–water partition coefficient (Wildman–Crippen LogP) is 0.136. The van der Waals surface area contributed by atoms with E-state index in [4.69, 9.17) is 9.84 Å². The van der Waals surface area contributed by atoms with Gasteiger partial charge < -0.3 is 15.2 Å². The Hall–Kier alpha value is -0.120. The van der Waals surface area contributed by atoms with E-state index in [1.54, 1.807) is 6.92 Å². The third-order valence-electron chi connectivity index (χ3n) is 1.84. The second-order valence-electron chi connectivity index (χ2n) is 3.18. The first-order valence-corrected chi connectivity index (χ1v) is 4.28. The molecule has 0 radical (unpaired) electrons. The molecular formula is C8H17NO2. The average Bonchev–Trinajstić information content (AvgIpc) is 2.39. The third kappa shape index (κ3) is 3.70. The highest BCUT2D eigenvalue weighted by Crippen LogP contribution is 2.04. The van der Waals surface area contributed by atoms with Crippen LogP contribution in [0.4, 0.5) is 0 Å². The van der Waals surface area contributed by atoms with Gasteiger partial charge in [-0.15, -0.1) is 0 Å². The topological polar surface area (TPSA) is 41.5 Å². The van der Waals surface area contributed by atoms with Crippen molar-refractivity contribution in [2.24, 2.45) is 0 Å². The molecule has 2 unspecified atom stereocenters. The fraction of sp³-hybridized carbons (Fsp3) is 1.00. The highest BCUT2D eigenvalue weighted by atomic mass is 16.5. The second-order valence-corrected chi connectivity index (χ2v) is 3.18. The SMILES string of the molecule is CC(O)COCC1CCCN1. The van der Waals surface area contributed by atoms with Crippen molar-refractivity contribution in [1.82, 2.24) is 5.32 Å². The minimum absolute atomic E-state index is 0.337. The van der Waals surface area contributed by atoms with Crippen LogP contribution < -0.4 is 5.32 Å². The minimum Gasteiger partial charge on any atom is -0.391 e. The number of nitrogens with one attached hydrogen (secondary N) is 1. The molecule has 1 aliphatic heterocycles. The van der Waals surface area contributed by atoms with Crippen molar-refractivity contribution in [3.8, 4) is 0 Å². The first kappa shape index (κ1) is 8.97. The Morgan fingerprint density at radius 1 is 1.73 bits per heavy atom. The van der Waals surface area contributed by atoms with Crippen molar-refractivity contribution in [3.05, 3.63) is 0 Å². The smallest absolute Gasteiger partial charge is 0.0745 e. The Labute approximate surface area is 67.7 Å². The van der Waals surface area contributed by atoms with Crippen LogP contribution in [0.5, 0.6) is 0 Å². The molecule has 2 N–H and O–H groups in total. The maximum Gasteiger partial charge on any atom is 0.0745 e. The molecule has 0 bridgehead atoms. The maximum absolute atomic E-state index is 8.88. The van der Waals surface area contributed by atoms with E-state index in [0.29, 0.717) is 12.6 Å². The lowest BCUT2D eigenvalue weighted by atomic mass is 10.2. The fourth-order valence-electron chi connectivity index (χ4n) is 1.28. The average molecular weight is 159 g/mol. The van der Waals surface area contributed by atoms with Gasteiger partial charge in [0.05, 0.1) is 19.3 Å². The monoisotopic (exact) mass is 159 g/mol. The zero-order valence-electron chi connectivity index (χ0n) is 7.05. The van der Waals surface area contributed by atoms with E-state index in [0.717, 1.165) is 13.2 Å². The van der Waals surface area contributed by atoms with E-state index >= 15 is 0 Å². The molecule has 0 aromatic carbocycles. The lowest BCUT2D eigenvalue weighted by molar-refractivity contribution is 0.0381. The van der Waals surface area contributed by atoms with E-state index < -0.39 is 0 Å². The van der Waals surface area contributed by atoms with Gasteiger partial charge in [0.25, 0.3) is 0 Å². The largest absolute Gasteiger partial charge is 0.391 e. The summed E-state index contributed by atoms with van der Waals surface area (Å²) in [5, 5.41) is 12.2. The maximum atomic E-state index is 8.88. The molecule has 1 heterocycles. The van der Waals surface area contributed by atoms with Crippen LogP contribution in [-0.2, 0) is 4.74 Å². The first-order valence-electron chi connectivity index (χ1n) is 4.28. The zero-order chi connectivity index (χ0) is 8.10. The van der Waals surface area contributed by atoms with Crippen LogP contribution in [0.15, 0.2) is 0 Å². The van der Waals surface area contributed by atoms with Crippen LogP contribution in [0.25, 0.3) is 0 Å². The lowest BCUT2D eigenvalue weighted by Crippen LogP contribution is -2.28. The van der Waals surface area contributed by atoms with Gasteiger partial charge in [-0.3, -0.25) is 0 Å². The molecule has 1 fully saturated rings. The normalized spacial score (nSPS) is 27.3. The van der Waals surface area contributed by atoms with Gasteiger partial charge in [0.2, 0.25) is 0 Å². The Kier molecular flexibility index (Phi) is 3.83. The van der Waals surface area contributed by atoms with Crippen LogP contribution in [0.1, 0.15) is 19.8 Å². The van der Waals surface area contributed by atoms with Crippen molar-refractivity contribution in [2.75, 3.05) is 19.8 Å². The van der Waals surface area contributed by atoms with Gasteiger partial charge >= 0.3 is 0 Å². The number of aliphatic hydroxyl groups is 1. The van der Waals surface area contributed by atoms with Gasteiger partial charge in [-0.2, -0.15) is 0 Å². The molecule has 2 atom stereocenters. The zero-order valence-corrected chi connectivity index (χ0v) is 7.05. The number of aliphatic hydroxyl groups excluding tert-OH is 1. The fourth-order valence-corrected chi connectivity index (χ4v) is 1.28. The predicted molar refractivity (Wildman–Crippen MR) is 43.5 cm³/mol. The van der Waals surface area contributed by atoms with Gasteiger partial charge in [-0.25, -0.2) is 0 Å². The van der Waals surface area contributed by atoms with Gasteiger partial charge in [0, 0.05) is 6.04 Å².